The highest BCUT2D eigenvalue weighted by Gasteiger charge is 2.14. The Bertz CT molecular complexity index is 1070. The number of carbonyl (C=O) groups is 1. The number of amides is 1. The van der Waals surface area contributed by atoms with Crippen molar-refractivity contribution in [2.24, 2.45) is 0 Å². The summed E-state index contributed by atoms with van der Waals surface area (Å²) >= 11 is 6.00. The monoisotopic (exact) mass is 451 g/mol. The highest BCUT2D eigenvalue weighted by molar-refractivity contribution is 6.30. The molecule has 1 aromatic heterocycles. The molecule has 2 heterocycles. The lowest BCUT2D eigenvalue weighted by molar-refractivity contribution is -0.116. The lowest BCUT2D eigenvalue weighted by Gasteiger charge is -2.28. The molecule has 1 saturated heterocycles. The van der Waals surface area contributed by atoms with Crippen LogP contribution in [0.3, 0.4) is 0 Å². The van der Waals surface area contributed by atoms with Crippen molar-refractivity contribution in [3.63, 3.8) is 0 Å². The Morgan fingerprint density at radius 2 is 1.81 bits per heavy atom. The zero-order valence-corrected chi connectivity index (χ0v) is 18.7. The summed E-state index contributed by atoms with van der Waals surface area (Å²) in [5.74, 6) is 1.40. The third kappa shape index (κ3) is 6.18. The van der Waals surface area contributed by atoms with Crippen LogP contribution in [0.5, 0.6) is 0 Å². The predicted molar refractivity (Wildman–Crippen MR) is 128 cm³/mol. The third-order valence-corrected chi connectivity index (χ3v) is 5.37. The molecule has 0 spiro atoms. The molecule has 0 saturated carbocycles. The van der Waals surface area contributed by atoms with E-state index in [9.17, 15) is 4.79 Å². The molecule has 0 bridgehead atoms. The largest absolute Gasteiger partial charge is 0.378 e. The Morgan fingerprint density at radius 1 is 1.06 bits per heavy atom. The van der Waals surface area contributed by atoms with Gasteiger partial charge in [0.05, 0.1) is 13.2 Å². The lowest BCUT2D eigenvalue weighted by atomic mass is 10.1. The minimum Gasteiger partial charge on any atom is -0.378 e. The van der Waals surface area contributed by atoms with Gasteiger partial charge in [0.15, 0.2) is 0 Å². The molecule has 1 aliphatic heterocycles. The molecule has 2 aromatic carbocycles. The van der Waals surface area contributed by atoms with Crippen molar-refractivity contribution in [1.82, 2.24) is 9.97 Å². The van der Waals surface area contributed by atoms with E-state index in [2.05, 4.69) is 25.5 Å². The molecule has 3 aromatic rings. The average molecular weight is 452 g/mol. The maximum absolute atomic E-state index is 12.3. The fraction of sp³-hybridized carbons (Fsp3) is 0.292. The second kappa shape index (κ2) is 10.4. The van der Waals surface area contributed by atoms with Crippen LogP contribution in [0.2, 0.25) is 5.02 Å². The van der Waals surface area contributed by atoms with Crippen molar-refractivity contribution in [2.75, 3.05) is 41.8 Å². The predicted octanol–water partition coefficient (Wildman–Crippen LogP) is 4.59. The number of aryl methyl sites for hydroxylation is 2. The summed E-state index contributed by atoms with van der Waals surface area (Å²) < 4.78 is 5.42. The fourth-order valence-corrected chi connectivity index (χ4v) is 3.71. The summed E-state index contributed by atoms with van der Waals surface area (Å²) in [4.78, 5) is 23.6. The lowest BCUT2D eigenvalue weighted by Crippen LogP contribution is -2.36. The summed E-state index contributed by atoms with van der Waals surface area (Å²) in [5, 5.41) is 6.86. The van der Waals surface area contributed by atoms with Crippen molar-refractivity contribution in [2.45, 2.75) is 19.8 Å². The van der Waals surface area contributed by atoms with Crippen molar-refractivity contribution in [1.29, 1.82) is 0 Å². The Kier molecular flexibility index (Phi) is 7.19. The zero-order chi connectivity index (χ0) is 22.3. The van der Waals surface area contributed by atoms with Crippen LogP contribution in [-0.4, -0.2) is 42.2 Å². The van der Waals surface area contributed by atoms with E-state index in [4.69, 9.17) is 16.3 Å². The molecule has 8 heteroatoms. The molecule has 4 rings (SSSR count). The van der Waals surface area contributed by atoms with E-state index in [0.29, 0.717) is 37.0 Å². The fourth-order valence-electron chi connectivity index (χ4n) is 3.50. The summed E-state index contributed by atoms with van der Waals surface area (Å²) in [7, 11) is 0. The Hall–Kier alpha value is -3.16. The van der Waals surface area contributed by atoms with Gasteiger partial charge in [0, 0.05) is 47.7 Å². The van der Waals surface area contributed by atoms with E-state index < -0.39 is 0 Å². The van der Waals surface area contributed by atoms with Crippen molar-refractivity contribution >= 4 is 40.6 Å². The van der Waals surface area contributed by atoms with Crippen LogP contribution in [-0.2, 0) is 16.0 Å². The Balaban J connectivity index is 1.33. The molecular weight excluding hydrogens is 426 g/mol. The topological polar surface area (TPSA) is 79.4 Å². The van der Waals surface area contributed by atoms with Crippen LogP contribution in [0, 0.1) is 6.92 Å². The first-order chi connectivity index (χ1) is 15.5. The van der Waals surface area contributed by atoms with Crippen LogP contribution in [0.4, 0.5) is 23.1 Å². The molecule has 2 N–H and O–H groups in total. The van der Waals surface area contributed by atoms with E-state index in [1.165, 1.54) is 0 Å². The minimum atomic E-state index is -0.0390. The van der Waals surface area contributed by atoms with E-state index in [1.807, 2.05) is 61.5 Å². The molecule has 7 nitrogen and oxygen atoms in total. The summed E-state index contributed by atoms with van der Waals surface area (Å²) in [6, 6.07) is 17.1. The molecule has 0 atom stereocenters. The normalized spacial score (nSPS) is 13.6. The zero-order valence-electron chi connectivity index (χ0n) is 18.0. The van der Waals surface area contributed by atoms with E-state index >= 15 is 0 Å². The highest BCUT2D eigenvalue weighted by atomic mass is 35.5. The number of hydrogen-bond acceptors (Lipinski definition) is 6. The molecule has 1 amide bonds. The van der Waals surface area contributed by atoms with Crippen LogP contribution < -0.4 is 15.5 Å². The number of carbonyl (C=O) groups excluding carboxylic acids is 1. The smallest absolute Gasteiger partial charge is 0.229 e. The van der Waals surface area contributed by atoms with Gasteiger partial charge < -0.3 is 20.3 Å². The van der Waals surface area contributed by atoms with Crippen LogP contribution >= 0.6 is 11.6 Å². The molecule has 166 valence electrons. The van der Waals surface area contributed by atoms with Gasteiger partial charge in [-0.3, -0.25) is 4.79 Å². The van der Waals surface area contributed by atoms with Gasteiger partial charge in [-0.2, -0.15) is 4.98 Å². The first-order valence-corrected chi connectivity index (χ1v) is 11.0. The average Bonchev–Trinajstić information content (AvgIpc) is 2.79. The van der Waals surface area contributed by atoms with Gasteiger partial charge in [0.25, 0.3) is 0 Å². The van der Waals surface area contributed by atoms with E-state index in [1.54, 1.807) is 0 Å². The number of nitrogens with zero attached hydrogens (tertiary/aromatic N) is 3. The van der Waals surface area contributed by atoms with Crippen molar-refractivity contribution in [3.8, 4) is 0 Å². The Labute approximate surface area is 192 Å². The van der Waals surface area contributed by atoms with Crippen LogP contribution in [0.25, 0.3) is 0 Å². The number of nitrogens with one attached hydrogen (secondary N) is 2. The Morgan fingerprint density at radius 3 is 2.56 bits per heavy atom. The number of anilines is 4. The SMILES string of the molecule is Cc1cc(N2CCOCC2)nc(Nc2ccc(NC(=O)CCc3cccc(Cl)c3)cc2)n1. The number of rotatable bonds is 7. The maximum Gasteiger partial charge on any atom is 0.229 e. The molecule has 1 aliphatic rings. The second-order valence-electron chi connectivity index (χ2n) is 7.67. The number of hydrogen-bond donors (Lipinski definition) is 2. The highest BCUT2D eigenvalue weighted by Crippen LogP contribution is 2.21. The van der Waals surface area contributed by atoms with Crippen molar-refractivity contribution < 1.29 is 9.53 Å². The molecule has 0 aliphatic carbocycles. The molecule has 32 heavy (non-hydrogen) atoms. The first-order valence-electron chi connectivity index (χ1n) is 10.6. The molecule has 0 unspecified atom stereocenters. The quantitative estimate of drug-likeness (QED) is 0.547. The number of ether oxygens (including phenoxy) is 1. The first kappa shape index (κ1) is 22.0. The number of aromatic nitrogens is 2. The summed E-state index contributed by atoms with van der Waals surface area (Å²) in [6.45, 7) is 5.01. The third-order valence-electron chi connectivity index (χ3n) is 5.13. The molecule has 1 fully saturated rings. The molecule has 0 radical (unpaired) electrons. The van der Waals surface area contributed by atoms with Gasteiger partial charge in [-0.1, -0.05) is 23.7 Å². The summed E-state index contributed by atoms with van der Waals surface area (Å²) in [5.41, 5.74) is 3.53. The van der Waals surface area contributed by atoms with Gasteiger partial charge in [0.1, 0.15) is 5.82 Å². The van der Waals surface area contributed by atoms with E-state index in [0.717, 1.165) is 41.5 Å². The van der Waals surface area contributed by atoms with Crippen molar-refractivity contribution in [3.05, 3.63) is 70.9 Å². The van der Waals surface area contributed by atoms with Gasteiger partial charge in [0.2, 0.25) is 11.9 Å². The second-order valence-corrected chi connectivity index (χ2v) is 8.11. The minimum absolute atomic E-state index is 0.0390. The standard InChI is InChI=1S/C24H26ClN5O2/c1-17-15-22(30-11-13-32-14-12-30)29-24(26-17)28-21-8-6-20(7-9-21)27-23(31)10-5-18-3-2-4-19(25)16-18/h2-4,6-9,15-16H,5,10-14H2,1H3,(H,27,31)(H,26,28,29). The van der Waals surface area contributed by atoms with Gasteiger partial charge >= 0.3 is 0 Å². The number of morpholine rings is 1. The van der Waals surface area contributed by atoms with Gasteiger partial charge in [-0.15, -0.1) is 0 Å². The molecular formula is C24H26ClN5O2. The maximum atomic E-state index is 12.3. The summed E-state index contributed by atoms with van der Waals surface area (Å²) in [6.07, 6.45) is 1.03. The van der Waals surface area contributed by atoms with Gasteiger partial charge in [-0.05, 0) is 55.3 Å². The van der Waals surface area contributed by atoms with Crippen LogP contribution in [0.15, 0.2) is 54.6 Å². The van der Waals surface area contributed by atoms with E-state index in [-0.39, 0.29) is 5.91 Å². The number of halogens is 1. The number of benzene rings is 2. The van der Waals surface area contributed by atoms with Gasteiger partial charge in [-0.25, -0.2) is 4.98 Å². The van der Waals surface area contributed by atoms with Crippen LogP contribution in [0.1, 0.15) is 17.7 Å².